The molecule has 1 saturated carbocycles. The number of nitrogens with zero attached hydrogens (tertiary/aromatic N) is 3. The maximum absolute atomic E-state index is 5.92. The zero-order valence-corrected chi connectivity index (χ0v) is 11.0. The molecule has 18 heavy (non-hydrogen) atoms. The minimum Gasteiger partial charge on any atom is -0.467 e. The van der Waals surface area contributed by atoms with Gasteiger partial charge in [-0.3, -0.25) is 0 Å². The number of anilines is 1. The summed E-state index contributed by atoms with van der Waals surface area (Å²) < 4.78 is 10.5. The van der Waals surface area contributed by atoms with Crippen LogP contribution in [0.4, 0.5) is 5.95 Å². The SMILES string of the molecule is CCOC1CC(N)C1Nc1nc(Cl)nc(OC)n1. The van der Waals surface area contributed by atoms with E-state index < -0.39 is 0 Å². The Balaban J connectivity index is 2.06. The molecule has 0 aliphatic heterocycles. The van der Waals surface area contributed by atoms with Gasteiger partial charge >= 0.3 is 6.01 Å². The molecule has 100 valence electrons. The van der Waals surface area contributed by atoms with Crippen LogP contribution in [-0.4, -0.2) is 46.9 Å². The second-order valence-corrected chi connectivity index (χ2v) is 4.32. The standard InChI is InChI=1S/C10H16ClN5O2/c1-3-18-6-4-5(12)7(6)13-9-14-8(11)15-10(16-9)17-2/h5-7H,3-4,12H2,1-2H3,(H,13,14,15,16). The summed E-state index contributed by atoms with van der Waals surface area (Å²) in [4.78, 5) is 11.8. The van der Waals surface area contributed by atoms with Gasteiger partial charge in [-0.15, -0.1) is 0 Å². The van der Waals surface area contributed by atoms with Gasteiger partial charge in [0.2, 0.25) is 11.2 Å². The number of aromatic nitrogens is 3. The summed E-state index contributed by atoms with van der Waals surface area (Å²) in [6.45, 7) is 2.60. The molecule has 1 aliphatic rings. The van der Waals surface area contributed by atoms with Gasteiger partial charge in [0.1, 0.15) is 0 Å². The third-order valence-corrected chi connectivity index (χ3v) is 2.98. The highest BCUT2D eigenvalue weighted by Gasteiger charge is 2.39. The lowest BCUT2D eigenvalue weighted by atomic mass is 9.83. The smallest absolute Gasteiger partial charge is 0.322 e. The van der Waals surface area contributed by atoms with Crippen LogP contribution in [-0.2, 0) is 4.74 Å². The van der Waals surface area contributed by atoms with E-state index in [9.17, 15) is 0 Å². The lowest BCUT2D eigenvalue weighted by Crippen LogP contribution is -2.60. The van der Waals surface area contributed by atoms with Crippen LogP contribution in [0.1, 0.15) is 13.3 Å². The van der Waals surface area contributed by atoms with Gasteiger partial charge in [0, 0.05) is 12.6 Å². The first-order valence-electron chi connectivity index (χ1n) is 5.73. The molecule has 1 aliphatic carbocycles. The minimum atomic E-state index is -0.0203. The average molecular weight is 274 g/mol. The molecular weight excluding hydrogens is 258 g/mol. The molecule has 0 amide bonds. The molecule has 3 N–H and O–H groups in total. The van der Waals surface area contributed by atoms with Gasteiger partial charge in [-0.2, -0.15) is 15.0 Å². The van der Waals surface area contributed by atoms with E-state index in [0.29, 0.717) is 12.6 Å². The Morgan fingerprint density at radius 3 is 2.83 bits per heavy atom. The average Bonchev–Trinajstić information content (AvgIpc) is 2.35. The van der Waals surface area contributed by atoms with Crippen LogP contribution in [0, 0.1) is 0 Å². The fourth-order valence-electron chi connectivity index (χ4n) is 1.86. The zero-order valence-electron chi connectivity index (χ0n) is 10.3. The predicted octanol–water partition coefficient (Wildman–Crippen LogP) is 0.450. The first kappa shape index (κ1) is 13.3. The molecule has 0 spiro atoms. The van der Waals surface area contributed by atoms with Gasteiger partial charge in [-0.05, 0) is 24.9 Å². The van der Waals surface area contributed by atoms with Crippen molar-refractivity contribution in [2.24, 2.45) is 5.73 Å². The van der Waals surface area contributed by atoms with E-state index in [1.54, 1.807) is 0 Å². The van der Waals surface area contributed by atoms with Crippen LogP contribution in [0.25, 0.3) is 0 Å². The second kappa shape index (κ2) is 5.64. The normalized spacial score (nSPS) is 26.6. The number of hydrogen-bond acceptors (Lipinski definition) is 7. The number of rotatable bonds is 5. The van der Waals surface area contributed by atoms with Crippen molar-refractivity contribution in [3.63, 3.8) is 0 Å². The van der Waals surface area contributed by atoms with Crippen LogP contribution in [0.5, 0.6) is 6.01 Å². The van der Waals surface area contributed by atoms with Gasteiger partial charge in [0.25, 0.3) is 0 Å². The summed E-state index contributed by atoms with van der Waals surface area (Å²) in [5, 5.41) is 3.18. The molecule has 3 unspecified atom stereocenters. The Bertz CT molecular complexity index is 417. The summed E-state index contributed by atoms with van der Waals surface area (Å²) in [5.74, 6) is 0.344. The molecule has 1 aromatic heterocycles. The predicted molar refractivity (Wildman–Crippen MR) is 66.8 cm³/mol. The molecular formula is C10H16ClN5O2. The van der Waals surface area contributed by atoms with Crippen LogP contribution >= 0.6 is 11.6 Å². The molecule has 0 radical (unpaired) electrons. The molecule has 8 heteroatoms. The van der Waals surface area contributed by atoms with Crippen molar-refractivity contribution >= 4 is 17.5 Å². The molecule has 7 nitrogen and oxygen atoms in total. The van der Waals surface area contributed by atoms with Crippen molar-refractivity contribution in [2.45, 2.75) is 31.5 Å². The molecule has 1 fully saturated rings. The van der Waals surface area contributed by atoms with Crippen molar-refractivity contribution in [3.8, 4) is 6.01 Å². The number of nitrogens with two attached hydrogens (primary N) is 1. The highest BCUT2D eigenvalue weighted by atomic mass is 35.5. The van der Waals surface area contributed by atoms with Gasteiger partial charge < -0.3 is 20.5 Å². The third kappa shape index (κ3) is 2.80. The van der Waals surface area contributed by atoms with Crippen molar-refractivity contribution in [1.29, 1.82) is 0 Å². The summed E-state index contributed by atoms with van der Waals surface area (Å²) in [5.41, 5.74) is 5.92. The Labute approximate surface area is 110 Å². The van der Waals surface area contributed by atoms with E-state index in [1.807, 2.05) is 6.92 Å². The van der Waals surface area contributed by atoms with Crippen molar-refractivity contribution < 1.29 is 9.47 Å². The van der Waals surface area contributed by atoms with Gasteiger partial charge in [0.05, 0.1) is 19.3 Å². The highest BCUT2D eigenvalue weighted by Crippen LogP contribution is 2.25. The number of ether oxygens (including phenoxy) is 2. The van der Waals surface area contributed by atoms with E-state index in [-0.39, 0.29) is 29.5 Å². The molecule has 0 bridgehead atoms. The Kier molecular flexibility index (Phi) is 4.15. The summed E-state index contributed by atoms with van der Waals surface area (Å²) in [6, 6.07) is 0.162. The summed E-state index contributed by atoms with van der Waals surface area (Å²) in [7, 11) is 1.47. The fraction of sp³-hybridized carbons (Fsp3) is 0.700. The molecule has 1 aromatic rings. The molecule has 0 saturated heterocycles. The first-order valence-corrected chi connectivity index (χ1v) is 6.11. The van der Waals surface area contributed by atoms with Crippen molar-refractivity contribution in [1.82, 2.24) is 15.0 Å². The number of methoxy groups -OCH3 is 1. The van der Waals surface area contributed by atoms with Crippen LogP contribution in [0.2, 0.25) is 5.28 Å². The first-order chi connectivity index (χ1) is 8.63. The lowest BCUT2D eigenvalue weighted by molar-refractivity contribution is -0.0128. The summed E-state index contributed by atoms with van der Waals surface area (Å²) >= 11 is 5.76. The molecule has 3 atom stereocenters. The van der Waals surface area contributed by atoms with Gasteiger partial charge in [-0.1, -0.05) is 0 Å². The third-order valence-electron chi connectivity index (χ3n) is 2.81. The maximum atomic E-state index is 5.92. The molecule has 0 aromatic carbocycles. The fourth-order valence-corrected chi connectivity index (χ4v) is 2.02. The largest absolute Gasteiger partial charge is 0.467 e. The quantitative estimate of drug-likeness (QED) is 0.804. The number of halogens is 1. The topological polar surface area (TPSA) is 95.2 Å². The van der Waals surface area contributed by atoms with E-state index in [1.165, 1.54) is 7.11 Å². The minimum absolute atomic E-state index is 0.0167. The second-order valence-electron chi connectivity index (χ2n) is 3.98. The van der Waals surface area contributed by atoms with E-state index in [0.717, 1.165) is 6.42 Å². The van der Waals surface area contributed by atoms with Crippen LogP contribution in [0.15, 0.2) is 0 Å². The van der Waals surface area contributed by atoms with E-state index in [2.05, 4.69) is 20.3 Å². The number of hydrogen-bond donors (Lipinski definition) is 2. The van der Waals surface area contributed by atoms with E-state index in [4.69, 9.17) is 26.8 Å². The Hall–Kier alpha value is -1.18. The summed E-state index contributed by atoms with van der Waals surface area (Å²) in [6.07, 6.45) is 0.896. The number of nitrogens with one attached hydrogen (secondary N) is 1. The molecule has 1 heterocycles. The van der Waals surface area contributed by atoms with Crippen molar-refractivity contribution in [3.05, 3.63) is 5.28 Å². The van der Waals surface area contributed by atoms with Crippen molar-refractivity contribution in [2.75, 3.05) is 19.0 Å². The van der Waals surface area contributed by atoms with Gasteiger partial charge in [0.15, 0.2) is 0 Å². The Morgan fingerprint density at radius 1 is 1.44 bits per heavy atom. The lowest BCUT2D eigenvalue weighted by Gasteiger charge is -2.42. The maximum Gasteiger partial charge on any atom is 0.322 e. The highest BCUT2D eigenvalue weighted by molar-refractivity contribution is 6.28. The van der Waals surface area contributed by atoms with E-state index >= 15 is 0 Å². The van der Waals surface area contributed by atoms with Crippen LogP contribution in [0.3, 0.4) is 0 Å². The van der Waals surface area contributed by atoms with Crippen LogP contribution < -0.4 is 15.8 Å². The van der Waals surface area contributed by atoms with Gasteiger partial charge in [-0.25, -0.2) is 0 Å². The zero-order chi connectivity index (χ0) is 13.1. The monoisotopic (exact) mass is 273 g/mol. The Morgan fingerprint density at radius 2 is 2.22 bits per heavy atom. The molecule has 2 rings (SSSR count).